The van der Waals surface area contributed by atoms with Crippen LogP contribution in [0, 0.1) is 25.7 Å². The summed E-state index contributed by atoms with van der Waals surface area (Å²) in [6.45, 7) is 8.14. The van der Waals surface area contributed by atoms with E-state index in [1.807, 2.05) is 25.1 Å². The van der Waals surface area contributed by atoms with Crippen molar-refractivity contribution in [2.45, 2.75) is 43.5 Å². The number of hydrogen-bond acceptors (Lipinski definition) is 3. The van der Waals surface area contributed by atoms with Crippen LogP contribution in [-0.4, -0.2) is 14.5 Å². The normalized spacial score (nSPS) is 17.8. The van der Waals surface area contributed by atoms with E-state index in [1.165, 1.54) is 5.56 Å². The topological polar surface area (TPSA) is 46.2 Å². The van der Waals surface area contributed by atoms with Crippen LogP contribution in [0.1, 0.15) is 25.0 Å². The molecule has 148 valence electrons. The number of aryl methyl sites for hydroxylation is 2. The van der Waals surface area contributed by atoms with Gasteiger partial charge in [-0.05, 0) is 48.9 Å². The number of hydrogen-bond donors (Lipinski definition) is 1. The summed E-state index contributed by atoms with van der Waals surface area (Å²) in [6, 6.07) is 15.2. The van der Waals surface area contributed by atoms with Gasteiger partial charge in [0.1, 0.15) is 0 Å². The first kappa shape index (κ1) is 20.9. The van der Waals surface area contributed by atoms with Gasteiger partial charge in [0.2, 0.25) is 10.0 Å². The monoisotopic (exact) mass is 413 g/mol. The molecule has 0 heterocycles. The van der Waals surface area contributed by atoms with Gasteiger partial charge in [0.05, 0.1) is 4.90 Å². The fourth-order valence-electron chi connectivity index (χ4n) is 3.21. The summed E-state index contributed by atoms with van der Waals surface area (Å²) >= 11 is 1.70. The highest BCUT2D eigenvalue weighted by Crippen LogP contribution is 2.39. The van der Waals surface area contributed by atoms with Gasteiger partial charge in [0.15, 0.2) is 0 Å². The zero-order chi connectivity index (χ0) is 20.3. The second kappa shape index (κ2) is 8.68. The van der Waals surface area contributed by atoms with Crippen molar-refractivity contribution in [1.29, 1.82) is 0 Å². The summed E-state index contributed by atoms with van der Waals surface area (Å²) in [5, 5.41) is 0. The van der Waals surface area contributed by atoms with Gasteiger partial charge >= 0.3 is 0 Å². The molecule has 1 aliphatic rings. The first-order chi connectivity index (χ1) is 13.3. The Morgan fingerprint density at radius 1 is 0.929 bits per heavy atom. The molecule has 3 nitrogen and oxygen atoms in total. The molecule has 0 fully saturated rings. The maximum absolute atomic E-state index is 13.0. The lowest BCUT2D eigenvalue weighted by atomic mass is 9.92. The van der Waals surface area contributed by atoms with E-state index in [4.69, 9.17) is 0 Å². The Morgan fingerprint density at radius 2 is 1.50 bits per heavy atom. The fourth-order valence-corrected chi connectivity index (χ4v) is 5.67. The molecule has 3 rings (SSSR count). The number of rotatable bonds is 7. The molecule has 2 atom stereocenters. The fraction of sp³-hybridized carbons (Fsp3) is 0.304. The van der Waals surface area contributed by atoms with Crippen LogP contribution in [0.15, 0.2) is 81.5 Å². The molecular weight excluding hydrogens is 386 g/mol. The van der Waals surface area contributed by atoms with Crippen molar-refractivity contribution in [2.75, 3.05) is 0 Å². The van der Waals surface area contributed by atoms with Gasteiger partial charge in [-0.1, -0.05) is 79.2 Å². The van der Waals surface area contributed by atoms with E-state index in [0.717, 1.165) is 15.4 Å². The first-order valence-electron chi connectivity index (χ1n) is 9.48. The minimum absolute atomic E-state index is 0.0199. The van der Waals surface area contributed by atoms with E-state index < -0.39 is 10.0 Å². The Bertz CT molecular complexity index is 972. The van der Waals surface area contributed by atoms with Crippen LogP contribution < -0.4 is 4.72 Å². The Labute approximate surface area is 173 Å². The zero-order valence-electron chi connectivity index (χ0n) is 16.7. The average Bonchev–Trinajstić information content (AvgIpc) is 3.09. The van der Waals surface area contributed by atoms with Crippen LogP contribution in [0.2, 0.25) is 0 Å². The third-order valence-corrected chi connectivity index (χ3v) is 7.52. The minimum Gasteiger partial charge on any atom is -0.207 e. The van der Waals surface area contributed by atoms with Crippen molar-refractivity contribution in [3.63, 3.8) is 0 Å². The molecule has 0 amide bonds. The molecule has 0 radical (unpaired) electrons. The van der Waals surface area contributed by atoms with Crippen LogP contribution in [0.3, 0.4) is 0 Å². The Kier molecular flexibility index (Phi) is 6.48. The van der Waals surface area contributed by atoms with Gasteiger partial charge in [-0.25, -0.2) is 13.1 Å². The summed E-state index contributed by atoms with van der Waals surface area (Å²) in [6.07, 6.45) is 6.21. The van der Waals surface area contributed by atoms with E-state index in [0.29, 0.717) is 4.90 Å². The minimum atomic E-state index is -3.58. The first-order valence-corrected chi connectivity index (χ1v) is 11.8. The van der Waals surface area contributed by atoms with E-state index in [1.54, 1.807) is 23.9 Å². The third kappa shape index (κ3) is 4.96. The van der Waals surface area contributed by atoms with Gasteiger partial charge in [-0.3, -0.25) is 0 Å². The molecule has 1 aliphatic carbocycles. The van der Waals surface area contributed by atoms with Crippen molar-refractivity contribution in [1.82, 2.24) is 4.72 Å². The van der Waals surface area contributed by atoms with Gasteiger partial charge < -0.3 is 0 Å². The van der Waals surface area contributed by atoms with E-state index >= 15 is 0 Å². The average molecular weight is 414 g/mol. The van der Waals surface area contributed by atoms with Crippen molar-refractivity contribution in [3.8, 4) is 0 Å². The van der Waals surface area contributed by atoms with Crippen LogP contribution in [0.5, 0.6) is 0 Å². The summed E-state index contributed by atoms with van der Waals surface area (Å²) in [7, 11) is -3.58. The van der Waals surface area contributed by atoms with Crippen LogP contribution in [-0.2, 0) is 10.0 Å². The molecule has 2 aromatic carbocycles. The van der Waals surface area contributed by atoms with Crippen LogP contribution in [0.4, 0.5) is 0 Å². The van der Waals surface area contributed by atoms with Crippen molar-refractivity contribution >= 4 is 21.8 Å². The molecular formula is C23H27NO2S2. The molecule has 0 aromatic heterocycles. The van der Waals surface area contributed by atoms with Gasteiger partial charge in [-0.15, -0.1) is 0 Å². The van der Waals surface area contributed by atoms with E-state index in [-0.39, 0.29) is 17.9 Å². The summed E-state index contributed by atoms with van der Waals surface area (Å²) in [4.78, 5) is 2.63. The highest BCUT2D eigenvalue weighted by molar-refractivity contribution is 8.03. The summed E-state index contributed by atoms with van der Waals surface area (Å²) in [5.74, 6) is 0.168. The predicted molar refractivity (Wildman–Crippen MR) is 118 cm³/mol. The zero-order valence-corrected chi connectivity index (χ0v) is 18.3. The number of thioether (sulfide) groups is 1. The Morgan fingerprint density at radius 3 is 2.07 bits per heavy atom. The largest absolute Gasteiger partial charge is 0.240 e. The molecule has 0 spiro atoms. The number of allylic oxidation sites excluding steroid dienone is 2. The molecule has 0 saturated carbocycles. The second-order valence-corrected chi connectivity index (χ2v) is 10.5. The Hall–Kier alpha value is -1.82. The van der Waals surface area contributed by atoms with Gasteiger partial charge in [0.25, 0.3) is 0 Å². The molecule has 5 heteroatoms. The molecule has 1 unspecified atom stereocenters. The van der Waals surface area contributed by atoms with Crippen LogP contribution >= 0.6 is 11.8 Å². The Balaban J connectivity index is 1.81. The lowest BCUT2D eigenvalue weighted by molar-refractivity contribution is 0.401. The van der Waals surface area contributed by atoms with Crippen molar-refractivity contribution < 1.29 is 8.42 Å². The van der Waals surface area contributed by atoms with E-state index in [2.05, 4.69) is 61.9 Å². The molecule has 2 aromatic rings. The molecule has 0 aliphatic heterocycles. The lowest BCUT2D eigenvalue weighted by Gasteiger charge is -2.29. The number of benzene rings is 2. The third-order valence-electron chi connectivity index (χ3n) is 4.89. The van der Waals surface area contributed by atoms with Gasteiger partial charge in [-0.2, -0.15) is 0 Å². The maximum atomic E-state index is 13.0. The quantitative estimate of drug-likeness (QED) is 0.655. The molecule has 0 bridgehead atoms. The lowest BCUT2D eigenvalue weighted by Crippen LogP contribution is -2.43. The highest BCUT2D eigenvalue weighted by Gasteiger charge is 2.32. The van der Waals surface area contributed by atoms with Crippen LogP contribution in [0.25, 0.3) is 0 Å². The SMILES string of the molecule is Cc1ccc(SC2=CC=CC2[C@@H](NS(=O)(=O)c2ccc(C)cc2)C(C)C)cc1. The number of nitrogens with one attached hydrogen (secondary N) is 1. The standard InChI is InChI=1S/C23H27NO2S2/c1-16(2)23(24-28(25,26)20-14-10-18(4)11-15-20)21-6-5-7-22(21)27-19-12-8-17(3)9-13-19/h5-16,21,23-24H,1-4H3/t21?,23-/m0/s1. The van der Waals surface area contributed by atoms with Crippen molar-refractivity contribution in [3.05, 3.63) is 82.8 Å². The van der Waals surface area contributed by atoms with Crippen molar-refractivity contribution in [2.24, 2.45) is 11.8 Å². The molecule has 0 saturated heterocycles. The summed E-state index contributed by atoms with van der Waals surface area (Å²) < 4.78 is 28.9. The van der Waals surface area contributed by atoms with E-state index in [9.17, 15) is 8.42 Å². The molecule has 28 heavy (non-hydrogen) atoms. The predicted octanol–water partition coefficient (Wildman–Crippen LogP) is 5.47. The summed E-state index contributed by atoms with van der Waals surface area (Å²) in [5.41, 5.74) is 2.27. The highest BCUT2D eigenvalue weighted by atomic mass is 32.2. The number of sulfonamides is 1. The molecule has 1 N–H and O–H groups in total. The maximum Gasteiger partial charge on any atom is 0.240 e. The smallest absolute Gasteiger partial charge is 0.207 e. The second-order valence-electron chi connectivity index (χ2n) is 7.60. The van der Waals surface area contributed by atoms with Gasteiger partial charge in [0, 0.05) is 16.9 Å².